The second kappa shape index (κ2) is 11.0. The van der Waals surface area contributed by atoms with Crippen LogP contribution in [0.2, 0.25) is 0 Å². The summed E-state index contributed by atoms with van der Waals surface area (Å²) in [5.74, 6) is 0.989. The Balaban J connectivity index is 0.00000169. The minimum absolute atomic E-state index is 0. The highest BCUT2D eigenvalue weighted by atomic mass is 35.5. The van der Waals surface area contributed by atoms with Crippen molar-refractivity contribution in [3.8, 4) is 0 Å². The first-order valence-electron chi connectivity index (χ1n) is 9.36. The van der Waals surface area contributed by atoms with Gasteiger partial charge in [-0.1, -0.05) is 19.8 Å². The third-order valence-electron chi connectivity index (χ3n) is 5.43. The van der Waals surface area contributed by atoms with E-state index in [9.17, 15) is 4.79 Å². The largest absolute Gasteiger partial charge is 0.357 e. The number of nitrogens with zero attached hydrogens (tertiary/aromatic N) is 2. The van der Waals surface area contributed by atoms with Gasteiger partial charge in [0.1, 0.15) is 5.82 Å². The zero-order valence-electron chi connectivity index (χ0n) is 15.6. The quantitative estimate of drug-likeness (QED) is 0.809. The van der Waals surface area contributed by atoms with E-state index in [0.29, 0.717) is 5.56 Å². The van der Waals surface area contributed by atoms with Crippen LogP contribution in [0.1, 0.15) is 55.8 Å². The fourth-order valence-corrected chi connectivity index (χ4v) is 3.61. The monoisotopic (exact) mass is 402 g/mol. The maximum Gasteiger partial charge on any atom is 0.252 e. The maximum absolute atomic E-state index is 12.4. The van der Waals surface area contributed by atoms with Crippen molar-refractivity contribution in [3.63, 3.8) is 0 Å². The van der Waals surface area contributed by atoms with Gasteiger partial charge in [0, 0.05) is 25.8 Å². The van der Waals surface area contributed by atoms with Crippen molar-refractivity contribution in [1.29, 1.82) is 0 Å². The highest BCUT2D eigenvalue weighted by Crippen LogP contribution is 2.26. The van der Waals surface area contributed by atoms with Crippen LogP contribution in [0.25, 0.3) is 0 Å². The molecule has 3 heterocycles. The molecule has 0 aromatic carbocycles. The average molecular weight is 403 g/mol. The number of rotatable bonds is 4. The van der Waals surface area contributed by atoms with E-state index in [2.05, 4.69) is 27.4 Å². The second-order valence-electron chi connectivity index (χ2n) is 7.55. The summed E-state index contributed by atoms with van der Waals surface area (Å²) in [6.07, 6.45) is 9.03. The molecule has 148 valence electrons. The topological polar surface area (TPSA) is 57.3 Å². The number of halogens is 2. The lowest BCUT2D eigenvalue weighted by Crippen LogP contribution is -2.42. The zero-order valence-corrected chi connectivity index (χ0v) is 17.3. The van der Waals surface area contributed by atoms with Gasteiger partial charge in [0.15, 0.2) is 0 Å². The normalized spacial score (nSPS) is 19.5. The lowest BCUT2D eigenvalue weighted by Gasteiger charge is -2.34. The Morgan fingerprint density at radius 3 is 2.38 bits per heavy atom. The van der Waals surface area contributed by atoms with Crippen molar-refractivity contribution >= 4 is 36.5 Å². The first-order chi connectivity index (χ1) is 11.7. The zero-order chi connectivity index (χ0) is 16.8. The third kappa shape index (κ3) is 6.29. The van der Waals surface area contributed by atoms with Crippen LogP contribution in [0.3, 0.4) is 0 Å². The predicted molar refractivity (Wildman–Crippen MR) is 112 cm³/mol. The van der Waals surface area contributed by atoms with E-state index in [4.69, 9.17) is 0 Å². The molecule has 0 bridgehead atoms. The molecule has 26 heavy (non-hydrogen) atoms. The summed E-state index contributed by atoms with van der Waals surface area (Å²) in [4.78, 5) is 19.3. The molecule has 1 aromatic rings. The summed E-state index contributed by atoms with van der Waals surface area (Å²) in [5.41, 5.74) is 0.867. The van der Waals surface area contributed by atoms with Gasteiger partial charge in [-0.25, -0.2) is 4.98 Å². The molecule has 1 aromatic heterocycles. The Bertz CT molecular complexity index is 539. The highest BCUT2D eigenvalue weighted by molar-refractivity contribution is 5.94. The van der Waals surface area contributed by atoms with Crippen LogP contribution in [-0.4, -0.2) is 43.6 Å². The molecular formula is C19H32Cl2N4O. The molecule has 0 saturated carbocycles. The summed E-state index contributed by atoms with van der Waals surface area (Å²) < 4.78 is 0. The fraction of sp³-hybridized carbons (Fsp3) is 0.684. The SMILES string of the molecule is CC1(CNC(=O)c2ccc(N3CCCCCC3)nc2)CCNCC1.Cl.Cl. The Morgan fingerprint density at radius 1 is 1.15 bits per heavy atom. The number of amides is 1. The minimum atomic E-state index is -0.00956. The third-order valence-corrected chi connectivity index (χ3v) is 5.43. The standard InChI is InChI=1S/C19H30N4O.2ClH/c1-19(8-10-20-11-9-19)15-22-18(24)16-6-7-17(21-14-16)23-12-4-2-3-5-13-23;;/h6-7,14,20H,2-5,8-13,15H2,1H3,(H,22,24);2*1H. The molecule has 0 aliphatic carbocycles. The number of aromatic nitrogens is 1. The van der Waals surface area contributed by atoms with Crippen molar-refractivity contribution in [1.82, 2.24) is 15.6 Å². The van der Waals surface area contributed by atoms with E-state index in [1.165, 1.54) is 25.7 Å². The van der Waals surface area contributed by atoms with Gasteiger partial charge in [-0.2, -0.15) is 0 Å². The molecule has 1 amide bonds. The molecular weight excluding hydrogens is 371 g/mol. The van der Waals surface area contributed by atoms with Crippen LogP contribution in [0, 0.1) is 5.41 Å². The van der Waals surface area contributed by atoms with E-state index in [-0.39, 0.29) is 36.1 Å². The first kappa shape index (κ1) is 23.0. The Kier molecular flexibility index (Phi) is 9.69. The summed E-state index contributed by atoms with van der Waals surface area (Å²) in [7, 11) is 0. The molecule has 2 aliphatic heterocycles. The molecule has 7 heteroatoms. The van der Waals surface area contributed by atoms with Gasteiger partial charge in [-0.05, 0) is 56.3 Å². The van der Waals surface area contributed by atoms with E-state index >= 15 is 0 Å². The van der Waals surface area contributed by atoms with Gasteiger partial charge in [0.2, 0.25) is 0 Å². The van der Waals surface area contributed by atoms with Gasteiger partial charge < -0.3 is 15.5 Å². The number of carbonyl (C=O) groups is 1. The Hall–Kier alpha value is -1.04. The van der Waals surface area contributed by atoms with Crippen molar-refractivity contribution in [2.75, 3.05) is 37.6 Å². The van der Waals surface area contributed by atoms with Crippen molar-refractivity contribution < 1.29 is 4.79 Å². The molecule has 2 aliphatic rings. The van der Waals surface area contributed by atoms with Crippen molar-refractivity contribution in [2.45, 2.75) is 45.4 Å². The molecule has 2 saturated heterocycles. The van der Waals surface area contributed by atoms with Crippen LogP contribution in [0.5, 0.6) is 0 Å². The first-order valence-corrected chi connectivity index (χ1v) is 9.36. The highest BCUT2D eigenvalue weighted by Gasteiger charge is 2.27. The number of carbonyl (C=O) groups excluding carboxylic acids is 1. The number of anilines is 1. The van der Waals surface area contributed by atoms with Crippen LogP contribution in [0.4, 0.5) is 5.82 Å². The molecule has 0 atom stereocenters. The van der Waals surface area contributed by atoms with Gasteiger partial charge in [-0.3, -0.25) is 4.79 Å². The predicted octanol–water partition coefficient (Wildman–Crippen LogP) is 3.43. The summed E-state index contributed by atoms with van der Waals surface area (Å²) in [6, 6.07) is 3.90. The van der Waals surface area contributed by atoms with Gasteiger partial charge >= 0.3 is 0 Å². The number of hydrogen-bond donors (Lipinski definition) is 2. The number of piperidine rings is 1. The Morgan fingerprint density at radius 2 is 1.81 bits per heavy atom. The van der Waals surface area contributed by atoms with Crippen LogP contribution < -0.4 is 15.5 Å². The van der Waals surface area contributed by atoms with Crippen LogP contribution in [-0.2, 0) is 0 Å². The molecule has 0 unspecified atom stereocenters. The number of pyridine rings is 1. The second-order valence-corrected chi connectivity index (χ2v) is 7.55. The van der Waals surface area contributed by atoms with E-state index in [1.807, 2.05) is 12.1 Å². The number of nitrogens with one attached hydrogen (secondary N) is 2. The van der Waals surface area contributed by atoms with Crippen LogP contribution in [0.15, 0.2) is 18.3 Å². The maximum atomic E-state index is 12.4. The molecule has 0 spiro atoms. The van der Waals surface area contributed by atoms with Crippen molar-refractivity contribution in [3.05, 3.63) is 23.9 Å². The van der Waals surface area contributed by atoms with Gasteiger partial charge in [0.25, 0.3) is 5.91 Å². The summed E-state index contributed by atoms with van der Waals surface area (Å²) in [5, 5.41) is 6.47. The Labute approximate surface area is 169 Å². The number of hydrogen-bond acceptors (Lipinski definition) is 4. The van der Waals surface area contributed by atoms with E-state index in [0.717, 1.165) is 51.4 Å². The fourth-order valence-electron chi connectivity index (χ4n) is 3.61. The molecule has 5 nitrogen and oxygen atoms in total. The molecule has 2 fully saturated rings. The van der Waals surface area contributed by atoms with Gasteiger partial charge in [-0.15, -0.1) is 24.8 Å². The molecule has 0 radical (unpaired) electrons. The van der Waals surface area contributed by atoms with Crippen LogP contribution >= 0.6 is 24.8 Å². The average Bonchev–Trinajstić information content (AvgIpc) is 2.90. The van der Waals surface area contributed by atoms with Crippen molar-refractivity contribution in [2.24, 2.45) is 5.41 Å². The lowest BCUT2D eigenvalue weighted by molar-refractivity contribution is 0.0922. The molecule has 3 rings (SSSR count). The summed E-state index contributed by atoms with van der Waals surface area (Å²) in [6.45, 7) is 7.23. The molecule has 2 N–H and O–H groups in total. The van der Waals surface area contributed by atoms with Gasteiger partial charge in [0.05, 0.1) is 5.56 Å². The lowest BCUT2D eigenvalue weighted by atomic mass is 9.81. The van der Waals surface area contributed by atoms with E-state index < -0.39 is 0 Å². The summed E-state index contributed by atoms with van der Waals surface area (Å²) >= 11 is 0. The smallest absolute Gasteiger partial charge is 0.252 e. The minimum Gasteiger partial charge on any atom is -0.357 e. The van der Waals surface area contributed by atoms with E-state index in [1.54, 1.807) is 6.20 Å².